The number of aryl methyl sites for hydroxylation is 2. The van der Waals surface area contributed by atoms with E-state index in [1.165, 1.54) is 27.1 Å². The number of carbonyl (C=O) groups excluding carboxylic acids is 1. The first kappa shape index (κ1) is 16.9. The summed E-state index contributed by atoms with van der Waals surface area (Å²) in [6.45, 7) is 10.2. The van der Waals surface area contributed by atoms with Crippen molar-refractivity contribution in [2.45, 2.75) is 57.9 Å². The van der Waals surface area contributed by atoms with Crippen LogP contribution in [0.4, 0.5) is 0 Å². The molecular formula is C18H24N2OS. The van der Waals surface area contributed by atoms with Crippen molar-refractivity contribution in [2.75, 3.05) is 5.75 Å². The molecule has 1 aromatic rings. The highest BCUT2D eigenvalue weighted by atomic mass is 32.2. The van der Waals surface area contributed by atoms with Crippen molar-refractivity contribution in [3.63, 3.8) is 0 Å². The van der Waals surface area contributed by atoms with Gasteiger partial charge >= 0.3 is 0 Å². The van der Waals surface area contributed by atoms with Gasteiger partial charge in [0.1, 0.15) is 5.54 Å². The maximum absolute atomic E-state index is 12.2. The molecule has 1 aliphatic carbocycles. The molecule has 0 spiro atoms. The second-order valence-electron chi connectivity index (χ2n) is 6.51. The van der Waals surface area contributed by atoms with Gasteiger partial charge in [-0.15, -0.1) is 11.8 Å². The number of nitriles is 1. The van der Waals surface area contributed by atoms with Gasteiger partial charge in [-0.1, -0.05) is 6.07 Å². The number of hydrogen-bond acceptors (Lipinski definition) is 3. The Kier molecular flexibility index (Phi) is 4.87. The largest absolute Gasteiger partial charge is 0.337 e. The Bertz CT molecular complexity index is 617. The lowest BCUT2D eigenvalue weighted by molar-refractivity contribution is -0.119. The Morgan fingerprint density at radius 1 is 1.32 bits per heavy atom. The molecule has 0 heterocycles. The van der Waals surface area contributed by atoms with E-state index in [-0.39, 0.29) is 5.91 Å². The van der Waals surface area contributed by atoms with Gasteiger partial charge in [0.05, 0.1) is 11.8 Å². The second kappa shape index (κ2) is 6.34. The SMILES string of the molecule is Cc1cc(C)c(C)c(SCC(=O)NC(C)(C#N)C2CC2)c1C. The van der Waals surface area contributed by atoms with Crippen LogP contribution >= 0.6 is 11.8 Å². The highest BCUT2D eigenvalue weighted by Gasteiger charge is 2.42. The number of nitrogens with one attached hydrogen (secondary N) is 1. The quantitative estimate of drug-likeness (QED) is 0.840. The van der Waals surface area contributed by atoms with Gasteiger partial charge in [0.25, 0.3) is 0 Å². The minimum atomic E-state index is -0.704. The van der Waals surface area contributed by atoms with Gasteiger partial charge < -0.3 is 5.32 Å². The monoisotopic (exact) mass is 316 g/mol. The molecule has 118 valence electrons. The number of carbonyl (C=O) groups is 1. The van der Waals surface area contributed by atoms with E-state index in [1.54, 1.807) is 11.8 Å². The molecule has 1 aromatic carbocycles. The predicted molar refractivity (Wildman–Crippen MR) is 91.0 cm³/mol. The molecular weight excluding hydrogens is 292 g/mol. The van der Waals surface area contributed by atoms with Crippen LogP contribution in [0.1, 0.15) is 42.0 Å². The summed E-state index contributed by atoms with van der Waals surface area (Å²) in [6.07, 6.45) is 2.07. The first-order valence-corrected chi connectivity index (χ1v) is 8.69. The first-order chi connectivity index (χ1) is 10.3. The molecule has 1 saturated carbocycles. The molecule has 4 heteroatoms. The van der Waals surface area contributed by atoms with Crippen molar-refractivity contribution in [3.05, 3.63) is 28.3 Å². The molecule has 0 radical (unpaired) electrons. The van der Waals surface area contributed by atoms with Crippen LogP contribution in [0.15, 0.2) is 11.0 Å². The zero-order chi connectivity index (χ0) is 16.5. The van der Waals surface area contributed by atoms with Gasteiger partial charge in [-0.25, -0.2) is 0 Å². The number of nitrogens with zero attached hydrogens (tertiary/aromatic N) is 1. The average molecular weight is 316 g/mol. The van der Waals surface area contributed by atoms with Gasteiger partial charge in [-0.2, -0.15) is 5.26 Å². The van der Waals surface area contributed by atoms with E-state index in [9.17, 15) is 10.1 Å². The average Bonchev–Trinajstić information content (AvgIpc) is 3.30. The maximum Gasteiger partial charge on any atom is 0.231 e. The summed E-state index contributed by atoms with van der Waals surface area (Å²) < 4.78 is 0. The van der Waals surface area contributed by atoms with E-state index in [4.69, 9.17) is 0 Å². The fourth-order valence-corrected chi connectivity index (χ4v) is 3.85. The van der Waals surface area contributed by atoms with E-state index >= 15 is 0 Å². The fourth-order valence-electron chi connectivity index (χ4n) is 2.74. The molecule has 0 bridgehead atoms. The van der Waals surface area contributed by atoms with Crippen LogP contribution in [0.3, 0.4) is 0 Å². The van der Waals surface area contributed by atoms with Gasteiger partial charge in [0.15, 0.2) is 0 Å². The lowest BCUT2D eigenvalue weighted by atomic mass is 9.98. The molecule has 0 aromatic heterocycles. The summed E-state index contributed by atoms with van der Waals surface area (Å²) in [5, 5.41) is 12.2. The highest BCUT2D eigenvalue weighted by Crippen LogP contribution is 2.39. The topological polar surface area (TPSA) is 52.9 Å². The van der Waals surface area contributed by atoms with Gasteiger partial charge in [0, 0.05) is 4.90 Å². The number of rotatable bonds is 5. The third-order valence-corrected chi connectivity index (χ3v) is 5.98. The first-order valence-electron chi connectivity index (χ1n) is 7.71. The number of thioether (sulfide) groups is 1. The summed E-state index contributed by atoms with van der Waals surface area (Å²) in [4.78, 5) is 13.4. The second-order valence-corrected chi connectivity index (χ2v) is 7.50. The summed E-state index contributed by atoms with van der Waals surface area (Å²) in [5.74, 6) is 0.615. The minimum absolute atomic E-state index is 0.0566. The van der Waals surface area contributed by atoms with Gasteiger partial charge in [-0.05, 0) is 75.6 Å². The van der Waals surface area contributed by atoms with Crippen LogP contribution in [-0.4, -0.2) is 17.2 Å². The Morgan fingerprint density at radius 2 is 1.86 bits per heavy atom. The van der Waals surface area contributed by atoms with Gasteiger partial charge in [-0.3, -0.25) is 4.79 Å². The van der Waals surface area contributed by atoms with Crippen LogP contribution < -0.4 is 5.32 Å². The molecule has 3 nitrogen and oxygen atoms in total. The maximum atomic E-state index is 12.2. The number of hydrogen-bond donors (Lipinski definition) is 1. The molecule has 1 amide bonds. The molecule has 0 saturated heterocycles. The van der Waals surface area contributed by atoms with Crippen molar-refractivity contribution in [2.24, 2.45) is 5.92 Å². The molecule has 22 heavy (non-hydrogen) atoms. The van der Waals surface area contributed by atoms with E-state index in [2.05, 4.69) is 45.1 Å². The zero-order valence-electron chi connectivity index (χ0n) is 14.0. The lowest BCUT2D eigenvalue weighted by Gasteiger charge is -2.23. The smallest absolute Gasteiger partial charge is 0.231 e. The molecule has 1 atom stereocenters. The molecule has 1 aliphatic rings. The standard InChI is InChI=1S/C18H24N2OS/c1-11-8-12(2)14(4)17(13(11)3)22-9-16(21)20-18(5,10-19)15-6-7-15/h8,15H,6-7,9H2,1-5H3,(H,20,21). The van der Waals surface area contributed by atoms with Crippen LogP contribution in [0.2, 0.25) is 0 Å². The molecule has 0 aliphatic heterocycles. The third-order valence-electron chi connectivity index (χ3n) is 4.67. The van der Waals surface area contributed by atoms with Crippen molar-refractivity contribution in [3.8, 4) is 6.07 Å². The van der Waals surface area contributed by atoms with Crippen molar-refractivity contribution in [1.82, 2.24) is 5.32 Å². The van der Waals surface area contributed by atoms with E-state index in [1.807, 2.05) is 6.92 Å². The van der Waals surface area contributed by atoms with E-state index in [0.29, 0.717) is 11.7 Å². The predicted octanol–water partition coefficient (Wildman–Crippen LogP) is 3.82. The Labute approximate surface area is 137 Å². The van der Waals surface area contributed by atoms with Crippen LogP contribution in [0, 0.1) is 44.9 Å². The van der Waals surface area contributed by atoms with Crippen LogP contribution in [-0.2, 0) is 4.79 Å². The Hall–Kier alpha value is -1.47. The minimum Gasteiger partial charge on any atom is -0.337 e. The molecule has 1 unspecified atom stereocenters. The van der Waals surface area contributed by atoms with Crippen LogP contribution in [0.25, 0.3) is 0 Å². The highest BCUT2D eigenvalue weighted by molar-refractivity contribution is 8.00. The summed E-state index contributed by atoms with van der Waals surface area (Å²) >= 11 is 1.57. The third kappa shape index (κ3) is 3.47. The molecule has 1 N–H and O–H groups in total. The number of amides is 1. The summed E-state index contributed by atoms with van der Waals surface area (Å²) in [5.41, 5.74) is 4.29. The van der Waals surface area contributed by atoms with E-state index in [0.717, 1.165) is 12.8 Å². The number of benzene rings is 1. The van der Waals surface area contributed by atoms with Gasteiger partial charge in [0.2, 0.25) is 5.91 Å². The lowest BCUT2D eigenvalue weighted by Crippen LogP contribution is -2.47. The van der Waals surface area contributed by atoms with Crippen molar-refractivity contribution >= 4 is 17.7 Å². The fraction of sp³-hybridized carbons (Fsp3) is 0.556. The van der Waals surface area contributed by atoms with E-state index < -0.39 is 5.54 Å². The van der Waals surface area contributed by atoms with Crippen molar-refractivity contribution < 1.29 is 4.79 Å². The van der Waals surface area contributed by atoms with Crippen molar-refractivity contribution in [1.29, 1.82) is 5.26 Å². The summed E-state index contributed by atoms with van der Waals surface area (Å²) in [6, 6.07) is 4.46. The Balaban J connectivity index is 2.05. The molecule has 1 fully saturated rings. The summed E-state index contributed by atoms with van der Waals surface area (Å²) in [7, 11) is 0. The van der Waals surface area contributed by atoms with Crippen LogP contribution in [0.5, 0.6) is 0 Å². The molecule has 2 rings (SSSR count). The zero-order valence-corrected chi connectivity index (χ0v) is 14.9. The normalized spacial score (nSPS) is 16.7. The Morgan fingerprint density at radius 3 is 2.32 bits per heavy atom.